The van der Waals surface area contributed by atoms with E-state index in [2.05, 4.69) is 36.5 Å². The molecule has 0 fully saturated rings. The van der Waals surface area contributed by atoms with E-state index in [1.54, 1.807) is 12.3 Å². The Morgan fingerprint density at radius 1 is 1.21 bits per heavy atom. The first-order chi connectivity index (χ1) is 13.6. The largest absolute Gasteiger partial charge is 0.416 e. The molecular formula is C16H9BrF4N8. The van der Waals surface area contributed by atoms with Crippen molar-refractivity contribution >= 4 is 39.2 Å². The fraction of sp³-hybridized carbons (Fsp3) is 0.125. The number of aliphatic imine (C=N–C) groups is 1. The van der Waals surface area contributed by atoms with E-state index in [1.165, 1.54) is 0 Å². The molecule has 0 saturated carbocycles. The van der Waals surface area contributed by atoms with Crippen LogP contribution in [0, 0.1) is 28.6 Å². The maximum absolute atomic E-state index is 14.9. The molecule has 0 radical (unpaired) electrons. The molecule has 6 N–H and O–H groups in total. The van der Waals surface area contributed by atoms with Crippen LogP contribution >= 0.6 is 15.9 Å². The maximum atomic E-state index is 14.9. The zero-order chi connectivity index (χ0) is 21.5. The fourth-order valence-corrected chi connectivity index (χ4v) is 3.22. The monoisotopic (exact) mass is 468 g/mol. The third kappa shape index (κ3) is 3.36. The Bertz CT molecular complexity index is 1130. The van der Waals surface area contributed by atoms with Crippen LogP contribution in [0.2, 0.25) is 0 Å². The van der Waals surface area contributed by atoms with Crippen LogP contribution in [0.4, 0.5) is 34.9 Å². The number of alkyl halides is 3. The summed E-state index contributed by atoms with van der Waals surface area (Å²) in [6, 6.07) is 1.63. The molecule has 1 aromatic carbocycles. The number of hydrogen-bond acceptors (Lipinski definition) is 8. The number of fused-ring (bicyclic) bond motifs is 1. The lowest BCUT2D eigenvalue weighted by Gasteiger charge is -2.28. The first-order valence-corrected chi connectivity index (χ1v) is 8.43. The number of anilines is 3. The number of benzene rings is 1. The number of nitrogen functional groups attached to an aromatic ring is 2. The van der Waals surface area contributed by atoms with E-state index in [0.717, 1.165) is 6.07 Å². The summed E-state index contributed by atoms with van der Waals surface area (Å²) >= 11 is 2.86. The average molecular weight is 469 g/mol. The van der Waals surface area contributed by atoms with Crippen LogP contribution in [-0.2, 0) is 6.18 Å². The molecule has 0 spiro atoms. The number of pyridine rings is 1. The van der Waals surface area contributed by atoms with Crippen molar-refractivity contribution in [1.82, 2.24) is 10.3 Å². The van der Waals surface area contributed by atoms with Crippen molar-refractivity contribution in [3.8, 4) is 12.3 Å². The van der Waals surface area contributed by atoms with E-state index >= 15 is 0 Å². The van der Waals surface area contributed by atoms with Crippen LogP contribution in [0.5, 0.6) is 0 Å². The highest BCUT2D eigenvalue weighted by atomic mass is 79.9. The molecule has 0 amide bonds. The number of nitrogens with two attached hydrogens (primary N) is 2. The van der Waals surface area contributed by atoms with E-state index in [0.29, 0.717) is 6.07 Å². The normalized spacial score (nSPS) is 15.4. The van der Waals surface area contributed by atoms with E-state index < -0.39 is 29.2 Å². The van der Waals surface area contributed by atoms with Gasteiger partial charge >= 0.3 is 6.18 Å². The highest BCUT2D eigenvalue weighted by molar-refractivity contribution is 9.10. The van der Waals surface area contributed by atoms with Gasteiger partial charge in [0.15, 0.2) is 6.19 Å². The van der Waals surface area contributed by atoms with Crippen molar-refractivity contribution in [2.45, 2.75) is 12.2 Å². The lowest BCUT2D eigenvalue weighted by Crippen LogP contribution is -2.33. The first-order valence-electron chi connectivity index (χ1n) is 7.64. The topological polar surface area (TPSA) is 149 Å². The lowest BCUT2D eigenvalue weighted by molar-refractivity contribution is -0.138. The van der Waals surface area contributed by atoms with Gasteiger partial charge in [-0.05, 0) is 28.1 Å². The third-order valence-corrected chi connectivity index (χ3v) is 4.68. The van der Waals surface area contributed by atoms with Crippen molar-refractivity contribution in [3.05, 3.63) is 44.7 Å². The zero-order valence-corrected chi connectivity index (χ0v) is 15.7. The number of hydrogen-bond donors (Lipinski definition) is 4. The second kappa shape index (κ2) is 7.10. The Morgan fingerprint density at radius 2 is 1.90 bits per heavy atom. The van der Waals surface area contributed by atoms with Crippen molar-refractivity contribution in [2.24, 2.45) is 4.99 Å². The van der Waals surface area contributed by atoms with Crippen molar-refractivity contribution in [2.75, 3.05) is 16.8 Å². The molecule has 1 aliphatic rings. The molecule has 1 aliphatic heterocycles. The van der Waals surface area contributed by atoms with Crippen molar-refractivity contribution < 1.29 is 17.6 Å². The van der Waals surface area contributed by atoms with Crippen LogP contribution in [0.25, 0.3) is 0 Å². The average Bonchev–Trinajstić information content (AvgIpc) is 2.62. The Balaban J connectivity index is 2.41. The Morgan fingerprint density at radius 3 is 2.48 bits per heavy atom. The maximum Gasteiger partial charge on any atom is 0.416 e. The van der Waals surface area contributed by atoms with Gasteiger partial charge in [0, 0.05) is 11.1 Å². The minimum atomic E-state index is -4.92. The number of aromatic nitrogens is 1. The first kappa shape index (κ1) is 20.2. The molecule has 3 rings (SSSR count). The van der Waals surface area contributed by atoms with Crippen LogP contribution in [-0.4, -0.2) is 10.9 Å². The van der Waals surface area contributed by atoms with Gasteiger partial charge in [0.1, 0.15) is 35.1 Å². The molecule has 1 unspecified atom stereocenters. The van der Waals surface area contributed by atoms with Gasteiger partial charge in [-0.15, -0.1) is 0 Å². The van der Waals surface area contributed by atoms with E-state index in [-0.39, 0.29) is 38.9 Å². The summed E-state index contributed by atoms with van der Waals surface area (Å²) in [6.07, 6.45) is -3.37. The lowest BCUT2D eigenvalue weighted by atomic mass is 9.91. The van der Waals surface area contributed by atoms with E-state index in [4.69, 9.17) is 16.7 Å². The summed E-state index contributed by atoms with van der Waals surface area (Å²) in [4.78, 5) is 7.88. The van der Waals surface area contributed by atoms with Gasteiger partial charge in [0.2, 0.25) is 5.96 Å². The summed E-state index contributed by atoms with van der Waals surface area (Å²) in [6.45, 7) is 0. The molecule has 8 nitrogen and oxygen atoms in total. The molecule has 0 aliphatic carbocycles. The van der Waals surface area contributed by atoms with Gasteiger partial charge in [-0.2, -0.15) is 23.7 Å². The van der Waals surface area contributed by atoms with E-state index in [9.17, 15) is 22.8 Å². The molecule has 1 aromatic heterocycles. The number of nitriles is 2. The molecule has 13 heteroatoms. The highest BCUT2D eigenvalue weighted by Gasteiger charge is 2.41. The summed E-state index contributed by atoms with van der Waals surface area (Å²) in [7, 11) is 0. The Labute approximate surface area is 169 Å². The summed E-state index contributed by atoms with van der Waals surface area (Å²) in [5.74, 6) is -1.98. The summed E-state index contributed by atoms with van der Waals surface area (Å²) in [5, 5.41) is 22.8. The van der Waals surface area contributed by atoms with Crippen LogP contribution < -0.4 is 22.1 Å². The van der Waals surface area contributed by atoms with Gasteiger partial charge < -0.3 is 16.8 Å². The second-order valence-corrected chi connectivity index (χ2v) is 6.58. The predicted molar refractivity (Wildman–Crippen MR) is 98.5 cm³/mol. The molecule has 1 atom stereocenters. The Kier molecular flexibility index (Phi) is 4.94. The smallest absolute Gasteiger partial charge is 0.397 e. The van der Waals surface area contributed by atoms with Gasteiger partial charge in [-0.3, -0.25) is 5.32 Å². The third-order valence-electron chi connectivity index (χ3n) is 4.07. The SMILES string of the molecule is N#CNC1=NC(c2c(C(F)(F)F)ccc(Br)c2F)c2c(nc(N)c(C#N)c2N)N1. The van der Waals surface area contributed by atoms with Crippen LogP contribution in [0.3, 0.4) is 0 Å². The standard InChI is InChI=1S/C16H9BrF4N8/c17-7-2-1-6(16(19,20)21)8(10(7)18)12-9-11(24)5(3-22)13(25)28-14(9)29-15(27-12)26-4-23/h1-2,12H,(H6,24,25,26,27,28,29). The minimum absolute atomic E-state index is 0.163. The summed E-state index contributed by atoms with van der Waals surface area (Å²) < 4.78 is 55.5. The highest BCUT2D eigenvalue weighted by Crippen LogP contribution is 2.46. The number of halogens is 5. The molecular weight excluding hydrogens is 460 g/mol. The zero-order valence-electron chi connectivity index (χ0n) is 14.1. The fourth-order valence-electron chi connectivity index (χ4n) is 2.87. The van der Waals surface area contributed by atoms with Gasteiger partial charge in [0.05, 0.1) is 15.7 Å². The predicted octanol–water partition coefficient (Wildman–Crippen LogP) is 2.98. The second-order valence-electron chi connectivity index (χ2n) is 5.72. The van der Waals surface area contributed by atoms with E-state index in [1.807, 2.05) is 0 Å². The molecule has 2 aromatic rings. The minimum Gasteiger partial charge on any atom is -0.397 e. The number of nitrogens with zero attached hydrogens (tertiary/aromatic N) is 4. The molecule has 0 bridgehead atoms. The Hall–Kier alpha value is -3.58. The van der Waals surface area contributed by atoms with Gasteiger partial charge in [-0.1, -0.05) is 0 Å². The van der Waals surface area contributed by atoms with Crippen molar-refractivity contribution in [3.63, 3.8) is 0 Å². The quantitative estimate of drug-likeness (QED) is 0.285. The molecule has 148 valence electrons. The molecule has 2 heterocycles. The number of nitrogens with one attached hydrogen (secondary N) is 2. The van der Waals surface area contributed by atoms with Gasteiger partial charge in [0.25, 0.3) is 0 Å². The molecule has 29 heavy (non-hydrogen) atoms. The van der Waals surface area contributed by atoms with Crippen molar-refractivity contribution in [1.29, 1.82) is 10.5 Å². The summed E-state index contributed by atoms with van der Waals surface area (Å²) in [5.41, 5.74) is 8.71. The number of guanidine groups is 1. The molecule has 0 saturated heterocycles. The van der Waals surface area contributed by atoms with Crippen LogP contribution in [0.15, 0.2) is 21.6 Å². The number of rotatable bonds is 1. The van der Waals surface area contributed by atoms with Crippen LogP contribution in [0.1, 0.15) is 28.3 Å². The van der Waals surface area contributed by atoms with Gasteiger partial charge in [-0.25, -0.2) is 14.4 Å².